The van der Waals surface area contributed by atoms with Gasteiger partial charge in [-0.1, -0.05) is 41.2 Å². The molecule has 6 nitrogen and oxygen atoms in total. The van der Waals surface area contributed by atoms with Gasteiger partial charge in [-0.2, -0.15) is 4.98 Å². The highest BCUT2D eigenvalue weighted by atomic mass is 32.2. The molecule has 0 saturated carbocycles. The molecule has 0 N–H and O–H groups in total. The number of halogens is 1. The molecule has 0 radical (unpaired) electrons. The van der Waals surface area contributed by atoms with Crippen LogP contribution in [0.2, 0.25) is 0 Å². The third-order valence-electron chi connectivity index (χ3n) is 5.00. The molecule has 2 aromatic heterocycles. The molecule has 2 heterocycles. The van der Waals surface area contributed by atoms with Crippen molar-refractivity contribution in [2.75, 3.05) is 0 Å². The second kappa shape index (κ2) is 7.96. The Morgan fingerprint density at radius 3 is 2.52 bits per heavy atom. The summed E-state index contributed by atoms with van der Waals surface area (Å²) in [4.78, 5) is 22.2. The fraction of sp³-hybridized carbons (Fsp3) is 0.130. The summed E-state index contributed by atoms with van der Waals surface area (Å²) in [5.74, 6) is 0.830. The second-order valence-corrected chi connectivity index (χ2v) is 7.91. The summed E-state index contributed by atoms with van der Waals surface area (Å²) < 4.78 is 20.1. The smallest absolute Gasteiger partial charge is 0.262 e. The minimum absolute atomic E-state index is 0.0710. The maximum atomic E-state index is 13.1. The fourth-order valence-electron chi connectivity index (χ4n) is 3.43. The highest BCUT2D eigenvalue weighted by molar-refractivity contribution is 7.98. The van der Waals surface area contributed by atoms with Gasteiger partial charge in [-0.05, 0) is 54.1 Å². The third-order valence-corrected chi connectivity index (χ3v) is 5.96. The van der Waals surface area contributed by atoms with E-state index < -0.39 is 0 Å². The lowest BCUT2D eigenvalue weighted by molar-refractivity contribution is 0.391. The molecule has 0 bridgehead atoms. The molecule has 31 heavy (non-hydrogen) atoms. The highest BCUT2D eigenvalue weighted by Crippen LogP contribution is 2.25. The molecule has 8 heteroatoms. The van der Waals surface area contributed by atoms with Crippen molar-refractivity contribution in [1.82, 2.24) is 19.7 Å². The lowest BCUT2D eigenvalue weighted by Crippen LogP contribution is -2.22. The minimum Gasteiger partial charge on any atom is -0.338 e. The van der Waals surface area contributed by atoms with Crippen LogP contribution in [0.1, 0.15) is 12.8 Å². The number of rotatable bonds is 5. The molecule has 0 aliphatic heterocycles. The van der Waals surface area contributed by atoms with Crippen LogP contribution in [-0.2, 0) is 12.3 Å². The molecule has 0 spiro atoms. The van der Waals surface area contributed by atoms with E-state index in [1.54, 1.807) is 16.7 Å². The first-order chi connectivity index (χ1) is 15.1. The van der Waals surface area contributed by atoms with Gasteiger partial charge in [0.15, 0.2) is 5.16 Å². The Hall–Kier alpha value is -3.52. The maximum Gasteiger partial charge on any atom is 0.262 e. The SMILES string of the molecule is CCn1c(SCc2nc(-c3ccc(F)cc3)no2)nc2cc3ccccc3cc2c1=O. The largest absolute Gasteiger partial charge is 0.338 e. The lowest BCUT2D eigenvalue weighted by Gasteiger charge is -2.11. The topological polar surface area (TPSA) is 73.8 Å². The molecule has 0 atom stereocenters. The van der Waals surface area contributed by atoms with E-state index in [1.807, 2.05) is 43.3 Å². The fourth-order valence-corrected chi connectivity index (χ4v) is 4.33. The Balaban J connectivity index is 1.46. The van der Waals surface area contributed by atoms with Gasteiger partial charge < -0.3 is 4.52 Å². The summed E-state index contributed by atoms with van der Waals surface area (Å²) >= 11 is 1.37. The van der Waals surface area contributed by atoms with Crippen molar-refractivity contribution in [3.8, 4) is 11.4 Å². The van der Waals surface area contributed by atoms with Gasteiger partial charge >= 0.3 is 0 Å². The van der Waals surface area contributed by atoms with Crippen molar-refractivity contribution < 1.29 is 8.91 Å². The van der Waals surface area contributed by atoms with Gasteiger partial charge in [0.1, 0.15) is 5.82 Å². The first-order valence-corrected chi connectivity index (χ1v) is 10.8. The van der Waals surface area contributed by atoms with E-state index in [0.717, 1.165) is 10.8 Å². The Morgan fingerprint density at radius 1 is 1.03 bits per heavy atom. The molecule has 5 rings (SSSR count). The molecular formula is C23H17FN4O2S. The van der Waals surface area contributed by atoms with Crippen molar-refractivity contribution in [1.29, 1.82) is 0 Å². The van der Waals surface area contributed by atoms with Crippen LogP contribution in [0.4, 0.5) is 4.39 Å². The quantitative estimate of drug-likeness (QED) is 0.220. The average Bonchev–Trinajstić information content (AvgIpc) is 3.26. The van der Waals surface area contributed by atoms with Crippen LogP contribution < -0.4 is 5.56 Å². The predicted molar refractivity (Wildman–Crippen MR) is 118 cm³/mol. The van der Waals surface area contributed by atoms with Crippen molar-refractivity contribution in [3.63, 3.8) is 0 Å². The van der Waals surface area contributed by atoms with Gasteiger partial charge in [0.05, 0.1) is 16.7 Å². The van der Waals surface area contributed by atoms with Gasteiger partial charge in [0.2, 0.25) is 11.7 Å². The molecule has 0 aliphatic carbocycles. The monoisotopic (exact) mass is 432 g/mol. The van der Waals surface area contributed by atoms with Gasteiger partial charge in [0.25, 0.3) is 5.56 Å². The minimum atomic E-state index is -0.323. The molecule has 154 valence electrons. The lowest BCUT2D eigenvalue weighted by atomic mass is 10.1. The number of aromatic nitrogens is 4. The van der Waals surface area contributed by atoms with Crippen LogP contribution >= 0.6 is 11.8 Å². The van der Waals surface area contributed by atoms with E-state index >= 15 is 0 Å². The van der Waals surface area contributed by atoms with Crippen molar-refractivity contribution >= 4 is 33.4 Å². The Bertz CT molecular complexity index is 1460. The van der Waals surface area contributed by atoms with Crippen LogP contribution in [0.3, 0.4) is 0 Å². The number of hydrogen-bond acceptors (Lipinski definition) is 6. The Morgan fingerprint density at radius 2 is 1.77 bits per heavy atom. The zero-order valence-corrected chi connectivity index (χ0v) is 17.4. The first kappa shape index (κ1) is 19.4. The molecular weight excluding hydrogens is 415 g/mol. The van der Waals surface area contributed by atoms with E-state index in [-0.39, 0.29) is 11.4 Å². The van der Waals surface area contributed by atoms with E-state index in [9.17, 15) is 9.18 Å². The summed E-state index contributed by atoms with van der Waals surface area (Å²) in [6.45, 7) is 2.42. The van der Waals surface area contributed by atoms with Crippen molar-refractivity contribution in [3.05, 3.63) is 82.7 Å². The molecule has 0 saturated heterocycles. The van der Waals surface area contributed by atoms with E-state index in [1.165, 1.54) is 23.9 Å². The van der Waals surface area contributed by atoms with E-state index in [4.69, 9.17) is 9.51 Å². The van der Waals surface area contributed by atoms with Gasteiger partial charge in [0, 0.05) is 12.1 Å². The summed E-state index contributed by atoms with van der Waals surface area (Å²) in [7, 11) is 0. The van der Waals surface area contributed by atoms with Crippen molar-refractivity contribution in [2.24, 2.45) is 0 Å². The standard InChI is InChI=1S/C23H17FN4O2S/c1-2-28-22(29)18-11-15-5-3-4-6-16(15)12-19(18)25-23(28)31-13-20-26-21(27-30-20)14-7-9-17(24)10-8-14/h3-12H,2,13H2,1H3. The number of hydrogen-bond donors (Lipinski definition) is 0. The number of benzene rings is 3. The van der Waals surface area contributed by atoms with Crippen LogP contribution in [0.15, 0.2) is 75.1 Å². The summed E-state index contributed by atoms with van der Waals surface area (Å²) in [5, 5.41) is 7.20. The van der Waals surface area contributed by atoms with E-state index in [2.05, 4.69) is 10.1 Å². The van der Waals surface area contributed by atoms with Crippen LogP contribution in [0.5, 0.6) is 0 Å². The number of nitrogens with zero attached hydrogens (tertiary/aromatic N) is 4. The molecule has 3 aromatic carbocycles. The van der Waals surface area contributed by atoms with Gasteiger partial charge in [-0.25, -0.2) is 9.37 Å². The van der Waals surface area contributed by atoms with Gasteiger partial charge in [-0.15, -0.1) is 0 Å². The molecule has 0 aliphatic rings. The summed E-state index contributed by atoms with van der Waals surface area (Å²) in [5.41, 5.74) is 1.26. The number of fused-ring (bicyclic) bond motifs is 2. The zero-order valence-electron chi connectivity index (χ0n) is 16.6. The van der Waals surface area contributed by atoms with Crippen LogP contribution in [-0.4, -0.2) is 19.7 Å². The predicted octanol–water partition coefficient (Wildman–Crippen LogP) is 5.05. The molecule has 0 amide bonds. The Kier molecular flexibility index (Phi) is 4.99. The first-order valence-electron chi connectivity index (χ1n) is 9.77. The molecule has 5 aromatic rings. The third kappa shape index (κ3) is 3.70. The van der Waals surface area contributed by atoms with Crippen LogP contribution in [0.25, 0.3) is 33.1 Å². The molecule has 0 unspecified atom stereocenters. The normalized spacial score (nSPS) is 11.4. The maximum absolute atomic E-state index is 13.1. The summed E-state index contributed by atoms with van der Waals surface area (Å²) in [6, 6.07) is 17.6. The second-order valence-electron chi connectivity index (χ2n) is 6.97. The van der Waals surface area contributed by atoms with E-state index in [0.29, 0.717) is 45.6 Å². The zero-order chi connectivity index (χ0) is 21.4. The summed E-state index contributed by atoms with van der Waals surface area (Å²) in [6.07, 6.45) is 0. The number of thioether (sulfide) groups is 1. The average molecular weight is 432 g/mol. The highest BCUT2D eigenvalue weighted by Gasteiger charge is 2.14. The van der Waals surface area contributed by atoms with Crippen molar-refractivity contribution in [2.45, 2.75) is 24.4 Å². The molecule has 0 fully saturated rings. The Labute approximate surface area is 180 Å². The van der Waals surface area contributed by atoms with Crippen LogP contribution in [0, 0.1) is 5.82 Å². The van der Waals surface area contributed by atoms with Gasteiger partial charge in [-0.3, -0.25) is 9.36 Å².